The summed E-state index contributed by atoms with van der Waals surface area (Å²) in [5.74, 6) is 1.76. The van der Waals surface area contributed by atoms with E-state index in [0.29, 0.717) is 0 Å². The molecule has 0 aliphatic rings. The molecule has 136 valence electrons. The van der Waals surface area contributed by atoms with Crippen LogP contribution in [0, 0.1) is 0 Å². The highest BCUT2D eigenvalue weighted by Gasteiger charge is 2.07. The van der Waals surface area contributed by atoms with Gasteiger partial charge in [0.2, 0.25) is 0 Å². The number of methoxy groups -OCH3 is 1. The van der Waals surface area contributed by atoms with Crippen LogP contribution < -0.4 is 4.74 Å². The summed E-state index contributed by atoms with van der Waals surface area (Å²) in [6.45, 7) is 0. The fourth-order valence-electron chi connectivity index (χ4n) is 3.15. The lowest BCUT2D eigenvalue weighted by Crippen LogP contribution is -1.96. The molecule has 0 amide bonds. The number of H-pyrrole nitrogens is 1. The number of aromatic amines is 1. The van der Waals surface area contributed by atoms with Gasteiger partial charge >= 0.3 is 0 Å². The molecule has 0 saturated carbocycles. The molecule has 4 aromatic rings. The highest BCUT2D eigenvalue weighted by Crippen LogP contribution is 2.15. The van der Waals surface area contributed by atoms with Crippen LogP contribution in [-0.4, -0.2) is 27.0 Å². The third kappa shape index (κ3) is 4.31. The minimum atomic E-state index is 0.770. The minimum Gasteiger partial charge on any atom is -0.497 e. The number of ether oxygens (including phenoxy) is 1. The van der Waals surface area contributed by atoms with Gasteiger partial charge in [0.25, 0.3) is 0 Å². The van der Waals surface area contributed by atoms with Gasteiger partial charge in [-0.05, 0) is 42.5 Å². The van der Waals surface area contributed by atoms with Crippen molar-refractivity contribution in [3.8, 4) is 5.75 Å². The van der Waals surface area contributed by atoms with E-state index in [4.69, 9.17) is 4.74 Å². The maximum Gasteiger partial charge on any atom is 0.177 e. The zero-order valence-corrected chi connectivity index (χ0v) is 15.4. The normalized spacial score (nSPS) is 11.0. The van der Waals surface area contributed by atoms with Crippen molar-refractivity contribution in [1.82, 2.24) is 19.9 Å². The SMILES string of the molecule is COc1ccnc(CCc2nc3ncc(CCc4ccccc4)cc3[nH]2)c1. The van der Waals surface area contributed by atoms with E-state index in [1.165, 1.54) is 11.1 Å². The number of aromatic nitrogens is 4. The second-order valence-corrected chi connectivity index (χ2v) is 6.57. The Bertz CT molecular complexity index is 1030. The standard InChI is InChI=1S/C22H22N4O/c1-27-19-11-12-23-18(14-19)9-10-21-25-20-13-17(15-24-22(20)26-21)8-7-16-5-3-2-4-6-16/h2-6,11-15H,7-10H2,1H3,(H,24,25,26). The molecule has 5 heteroatoms. The van der Waals surface area contributed by atoms with Gasteiger partial charge in [0.1, 0.15) is 11.6 Å². The van der Waals surface area contributed by atoms with Gasteiger partial charge in [0.15, 0.2) is 5.65 Å². The molecule has 27 heavy (non-hydrogen) atoms. The predicted octanol–water partition coefficient (Wildman–Crippen LogP) is 3.93. The lowest BCUT2D eigenvalue weighted by molar-refractivity contribution is 0.413. The number of pyridine rings is 2. The highest BCUT2D eigenvalue weighted by molar-refractivity contribution is 5.71. The molecule has 0 bridgehead atoms. The van der Waals surface area contributed by atoms with Crippen LogP contribution in [0.3, 0.4) is 0 Å². The predicted molar refractivity (Wildman–Crippen MR) is 106 cm³/mol. The summed E-state index contributed by atoms with van der Waals surface area (Å²) in [4.78, 5) is 16.9. The number of nitrogens with one attached hydrogen (secondary N) is 1. The molecule has 0 atom stereocenters. The van der Waals surface area contributed by atoms with Crippen molar-refractivity contribution in [2.45, 2.75) is 25.7 Å². The van der Waals surface area contributed by atoms with Crippen molar-refractivity contribution in [2.75, 3.05) is 7.11 Å². The summed E-state index contributed by atoms with van der Waals surface area (Å²) in [5.41, 5.74) is 5.32. The van der Waals surface area contributed by atoms with Gasteiger partial charge in [0, 0.05) is 30.6 Å². The first-order valence-electron chi connectivity index (χ1n) is 9.16. The van der Waals surface area contributed by atoms with Crippen molar-refractivity contribution in [3.05, 3.63) is 83.6 Å². The number of fused-ring (bicyclic) bond motifs is 1. The van der Waals surface area contributed by atoms with Gasteiger partial charge in [-0.1, -0.05) is 30.3 Å². The zero-order chi connectivity index (χ0) is 18.5. The second kappa shape index (κ2) is 7.99. The van der Waals surface area contributed by atoms with Crippen LogP contribution in [0.5, 0.6) is 5.75 Å². The van der Waals surface area contributed by atoms with Crippen LogP contribution in [0.25, 0.3) is 11.2 Å². The Morgan fingerprint density at radius 3 is 2.59 bits per heavy atom. The lowest BCUT2D eigenvalue weighted by Gasteiger charge is -2.02. The second-order valence-electron chi connectivity index (χ2n) is 6.57. The van der Waals surface area contributed by atoms with Crippen molar-refractivity contribution >= 4 is 11.2 Å². The number of hydrogen-bond acceptors (Lipinski definition) is 4. The molecule has 0 fully saturated rings. The molecule has 1 N–H and O–H groups in total. The molecule has 5 nitrogen and oxygen atoms in total. The summed E-state index contributed by atoms with van der Waals surface area (Å²) in [7, 11) is 1.67. The average molecular weight is 358 g/mol. The Kier molecular flexibility index (Phi) is 5.10. The topological polar surface area (TPSA) is 63.7 Å². The zero-order valence-electron chi connectivity index (χ0n) is 15.4. The average Bonchev–Trinajstić information content (AvgIpc) is 3.14. The molecule has 3 heterocycles. The molecule has 0 spiro atoms. The van der Waals surface area contributed by atoms with Crippen molar-refractivity contribution in [3.63, 3.8) is 0 Å². The summed E-state index contributed by atoms with van der Waals surface area (Å²) >= 11 is 0. The molecule has 4 rings (SSSR count). The van der Waals surface area contributed by atoms with E-state index in [1.807, 2.05) is 24.4 Å². The smallest absolute Gasteiger partial charge is 0.177 e. The Labute approximate surface area is 158 Å². The van der Waals surface area contributed by atoms with Crippen molar-refractivity contribution in [2.24, 2.45) is 0 Å². The molecular weight excluding hydrogens is 336 g/mol. The summed E-state index contributed by atoms with van der Waals surface area (Å²) in [5, 5.41) is 0. The van der Waals surface area contributed by atoms with Gasteiger partial charge in [-0.3, -0.25) is 4.98 Å². The largest absolute Gasteiger partial charge is 0.497 e. The molecular formula is C22H22N4O. The quantitative estimate of drug-likeness (QED) is 0.544. The number of benzene rings is 1. The lowest BCUT2D eigenvalue weighted by atomic mass is 10.1. The van der Waals surface area contributed by atoms with E-state index in [9.17, 15) is 0 Å². The monoisotopic (exact) mass is 358 g/mol. The van der Waals surface area contributed by atoms with Gasteiger partial charge in [-0.15, -0.1) is 0 Å². The molecule has 0 saturated heterocycles. The minimum absolute atomic E-state index is 0.770. The van der Waals surface area contributed by atoms with E-state index < -0.39 is 0 Å². The van der Waals surface area contributed by atoms with Gasteiger partial charge in [-0.2, -0.15) is 0 Å². The van der Waals surface area contributed by atoms with Crippen LogP contribution in [-0.2, 0) is 25.7 Å². The number of nitrogens with zero attached hydrogens (tertiary/aromatic N) is 3. The Morgan fingerprint density at radius 2 is 1.74 bits per heavy atom. The summed E-state index contributed by atoms with van der Waals surface area (Å²) in [6.07, 6.45) is 7.27. The van der Waals surface area contributed by atoms with E-state index in [1.54, 1.807) is 13.3 Å². The van der Waals surface area contributed by atoms with Crippen LogP contribution >= 0.6 is 0 Å². The Balaban J connectivity index is 1.42. The maximum atomic E-state index is 5.25. The van der Waals surface area contributed by atoms with E-state index >= 15 is 0 Å². The third-order valence-electron chi connectivity index (χ3n) is 4.63. The van der Waals surface area contributed by atoms with Gasteiger partial charge in [-0.25, -0.2) is 9.97 Å². The van der Waals surface area contributed by atoms with E-state index in [0.717, 1.165) is 54.1 Å². The number of aryl methyl sites for hydroxylation is 4. The number of imidazole rings is 1. The maximum absolute atomic E-state index is 5.25. The first-order valence-corrected chi connectivity index (χ1v) is 9.16. The van der Waals surface area contributed by atoms with Gasteiger partial charge in [0.05, 0.1) is 12.6 Å². The molecule has 0 aliphatic heterocycles. The van der Waals surface area contributed by atoms with E-state index in [2.05, 4.69) is 50.3 Å². The summed E-state index contributed by atoms with van der Waals surface area (Å²) in [6, 6.07) is 16.5. The number of hydrogen-bond donors (Lipinski definition) is 1. The number of rotatable bonds is 7. The Morgan fingerprint density at radius 1 is 0.889 bits per heavy atom. The first kappa shape index (κ1) is 17.2. The van der Waals surface area contributed by atoms with Crippen LogP contribution in [0.4, 0.5) is 0 Å². The molecule has 0 unspecified atom stereocenters. The van der Waals surface area contributed by atoms with Crippen molar-refractivity contribution < 1.29 is 4.74 Å². The van der Waals surface area contributed by atoms with Crippen molar-refractivity contribution in [1.29, 1.82) is 0 Å². The van der Waals surface area contributed by atoms with Crippen LogP contribution in [0.2, 0.25) is 0 Å². The first-order chi connectivity index (χ1) is 13.3. The third-order valence-corrected chi connectivity index (χ3v) is 4.63. The highest BCUT2D eigenvalue weighted by atomic mass is 16.5. The summed E-state index contributed by atoms with van der Waals surface area (Å²) < 4.78 is 5.25. The van der Waals surface area contributed by atoms with Crippen LogP contribution in [0.15, 0.2) is 60.9 Å². The van der Waals surface area contributed by atoms with Crippen LogP contribution in [0.1, 0.15) is 22.6 Å². The molecule has 0 aliphatic carbocycles. The fraction of sp³-hybridized carbons (Fsp3) is 0.227. The molecule has 0 radical (unpaired) electrons. The van der Waals surface area contributed by atoms with E-state index in [-0.39, 0.29) is 0 Å². The molecule has 1 aromatic carbocycles. The Hall–Kier alpha value is -3.21. The van der Waals surface area contributed by atoms with Gasteiger partial charge < -0.3 is 9.72 Å². The fourth-order valence-corrected chi connectivity index (χ4v) is 3.15. The molecule has 3 aromatic heterocycles.